The maximum atomic E-state index is 12.3. The van der Waals surface area contributed by atoms with Gasteiger partial charge in [-0.2, -0.15) is 0 Å². The second kappa shape index (κ2) is 6.55. The van der Waals surface area contributed by atoms with Crippen molar-refractivity contribution < 1.29 is 18.3 Å². The number of nitrogens with zero attached hydrogens (tertiary/aromatic N) is 1. The van der Waals surface area contributed by atoms with E-state index >= 15 is 0 Å². The van der Waals surface area contributed by atoms with Crippen molar-refractivity contribution in [1.82, 2.24) is 9.62 Å². The van der Waals surface area contributed by atoms with Crippen LogP contribution in [0, 0.1) is 0 Å². The molecule has 1 saturated heterocycles. The Morgan fingerprint density at radius 3 is 2.62 bits per heavy atom. The predicted molar refractivity (Wildman–Crippen MR) is 78.4 cm³/mol. The predicted octanol–water partition coefficient (Wildman–Crippen LogP) is 0.582. The van der Waals surface area contributed by atoms with Gasteiger partial charge in [0.25, 0.3) is 5.91 Å². The molecule has 1 fully saturated rings. The highest BCUT2D eigenvalue weighted by molar-refractivity contribution is 7.89. The van der Waals surface area contributed by atoms with Gasteiger partial charge in [0, 0.05) is 25.2 Å². The third kappa shape index (κ3) is 3.81. The molecule has 1 aromatic carbocycles. The quantitative estimate of drug-likeness (QED) is 0.851. The Labute approximate surface area is 124 Å². The monoisotopic (exact) mass is 312 g/mol. The van der Waals surface area contributed by atoms with Crippen molar-refractivity contribution in [1.29, 1.82) is 0 Å². The fourth-order valence-electron chi connectivity index (χ4n) is 2.37. The molecule has 6 nitrogen and oxygen atoms in total. The smallest absolute Gasteiger partial charge is 0.253 e. The second-order valence-electron chi connectivity index (χ2n) is 5.07. The van der Waals surface area contributed by atoms with E-state index in [2.05, 4.69) is 4.72 Å². The number of piperidine rings is 1. The minimum atomic E-state index is -3.50. The zero-order valence-electron chi connectivity index (χ0n) is 11.9. The van der Waals surface area contributed by atoms with Gasteiger partial charge < -0.3 is 10.0 Å². The van der Waals surface area contributed by atoms with E-state index in [9.17, 15) is 18.3 Å². The van der Waals surface area contributed by atoms with E-state index in [1.54, 1.807) is 11.8 Å². The van der Waals surface area contributed by atoms with Gasteiger partial charge in [0.2, 0.25) is 10.0 Å². The van der Waals surface area contributed by atoms with E-state index in [1.807, 2.05) is 0 Å². The Bertz CT molecular complexity index is 598. The fraction of sp³-hybridized carbons (Fsp3) is 0.500. The summed E-state index contributed by atoms with van der Waals surface area (Å²) in [6.45, 7) is 2.97. The van der Waals surface area contributed by atoms with Gasteiger partial charge in [-0.3, -0.25) is 4.79 Å². The number of sulfonamides is 1. The maximum absolute atomic E-state index is 12.3. The maximum Gasteiger partial charge on any atom is 0.253 e. The SMILES string of the molecule is CCNS(=O)(=O)c1ccc(C(=O)N2CCCC(O)C2)cc1. The standard InChI is InChI=1S/C14H20N2O4S/c1-2-15-21(19,20)13-7-5-11(6-8-13)14(18)16-9-3-4-12(17)10-16/h5-8,12,15,17H,2-4,9-10H2,1H3. The van der Waals surface area contributed by atoms with Crippen LogP contribution in [0.15, 0.2) is 29.2 Å². The summed E-state index contributed by atoms with van der Waals surface area (Å²) in [6.07, 6.45) is 1.01. The Morgan fingerprint density at radius 2 is 2.05 bits per heavy atom. The number of amides is 1. The van der Waals surface area contributed by atoms with Crippen molar-refractivity contribution in [2.24, 2.45) is 0 Å². The lowest BCUT2D eigenvalue weighted by Crippen LogP contribution is -2.42. The van der Waals surface area contributed by atoms with Gasteiger partial charge >= 0.3 is 0 Å². The summed E-state index contributed by atoms with van der Waals surface area (Å²) in [5.41, 5.74) is 0.430. The number of carbonyl (C=O) groups excluding carboxylic acids is 1. The summed E-state index contributed by atoms with van der Waals surface area (Å²) in [7, 11) is -3.50. The Kier molecular flexibility index (Phi) is 4.97. The van der Waals surface area contributed by atoms with Crippen LogP contribution in [0.25, 0.3) is 0 Å². The summed E-state index contributed by atoms with van der Waals surface area (Å²) in [6, 6.07) is 5.86. The van der Waals surface area contributed by atoms with Gasteiger partial charge in [-0.05, 0) is 37.1 Å². The summed E-state index contributed by atoms with van der Waals surface area (Å²) in [5, 5.41) is 9.60. The van der Waals surface area contributed by atoms with Gasteiger partial charge in [0.15, 0.2) is 0 Å². The third-order valence-electron chi connectivity index (χ3n) is 3.43. The molecule has 1 aliphatic heterocycles. The molecule has 2 rings (SSSR count). The summed E-state index contributed by atoms with van der Waals surface area (Å²) >= 11 is 0. The number of rotatable bonds is 4. The molecule has 1 unspecified atom stereocenters. The number of β-amino-alcohol motifs (C(OH)–C–C–N with tert-alkyl or cyclic N) is 1. The van der Waals surface area contributed by atoms with Crippen LogP contribution in [0.5, 0.6) is 0 Å². The second-order valence-corrected chi connectivity index (χ2v) is 6.84. The molecule has 0 aliphatic carbocycles. The number of aliphatic hydroxyl groups is 1. The zero-order valence-corrected chi connectivity index (χ0v) is 12.8. The lowest BCUT2D eigenvalue weighted by atomic mass is 10.1. The molecule has 1 amide bonds. The van der Waals surface area contributed by atoms with Crippen LogP contribution in [0.2, 0.25) is 0 Å². The topological polar surface area (TPSA) is 86.7 Å². The first kappa shape index (κ1) is 15.9. The molecule has 21 heavy (non-hydrogen) atoms. The fourth-order valence-corrected chi connectivity index (χ4v) is 3.41. The minimum Gasteiger partial charge on any atom is -0.391 e. The van der Waals surface area contributed by atoms with E-state index in [4.69, 9.17) is 0 Å². The molecule has 1 aliphatic rings. The van der Waals surface area contributed by atoms with Crippen molar-refractivity contribution in [2.45, 2.75) is 30.8 Å². The zero-order chi connectivity index (χ0) is 15.5. The number of hydrogen-bond acceptors (Lipinski definition) is 4. The molecule has 1 aromatic rings. The normalized spacial score (nSPS) is 19.5. The van der Waals surface area contributed by atoms with Crippen molar-refractivity contribution in [3.63, 3.8) is 0 Å². The largest absolute Gasteiger partial charge is 0.391 e. The van der Waals surface area contributed by atoms with Crippen LogP contribution < -0.4 is 4.72 Å². The molecule has 0 aromatic heterocycles. The Morgan fingerprint density at radius 1 is 1.38 bits per heavy atom. The molecule has 116 valence electrons. The van der Waals surface area contributed by atoms with E-state index in [1.165, 1.54) is 24.3 Å². The van der Waals surface area contributed by atoms with E-state index in [0.717, 1.165) is 6.42 Å². The van der Waals surface area contributed by atoms with Crippen LogP contribution in [0.1, 0.15) is 30.1 Å². The summed E-state index contributed by atoms with van der Waals surface area (Å²) in [4.78, 5) is 14.0. The lowest BCUT2D eigenvalue weighted by molar-refractivity contribution is 0.0473. The number of carbonyl (C=O) groups is 1. The highest BCUT2D eigenvalue weighted by Crippen LogP contribution is 2.16. The minimum absolute atomic E-state index is 0.138. The number of aliphatic hydroxyl groups excluding tert-OH is 1. The van der Waals surface area contributed by atoms with Gasteiger partial charge in [-0.15, -0.1) is 0 Å². The molecule has 1 atom stereocenters. The lowest BCUT2D eigenvalue weighted by Gasteiger charge is -2.30. The van der Waals surface area contributed by atoms with Crippen molar-refractivity contribution in [3.8, 4) is 0 Å². The number of nitrogens with one attached hydrogen (secondary N) is 1. The van der Waals surface area contributed by atoms with E-state index in [0.29, 0.717) is 31.6 Å². The van der Waals surface area contributed by atoms with Crippen molar-refractivity contribution in [3.05, 3.63) is 29.8 Å². The van der Waals surface area contributed by atoms with E-state index in [-0.39, 0.29) is 10.8 Å². The van der Waals surface area contributed by atoms with E-state index < -0.39 is 16.1 Å². The van der Waals surface area contributed by atoms with Crippen LogP contribution >= 0.6 is 0 Å². The van der Waals surface area contributed by atoms with Crippen LogP contribution in [-0.4, -0.2) is 50.1 Å². The first-order valence-corrected chi connectivity index (χ1v) is 8.49. The average Bonchev–Trinajstić information content (AvgIpc) is 2.46. The molecule has 2 N–H and O–H groups in total. The number of benzene rings is 1. The molecule has 7 heteroatoms. The highest BCUT2D eigenvalue weighted by Gasteiger charge is 2.23. The first-order valence-electron chi connectivity index (χ1n) is 7.01. The number of likely N-dealkylation sites (tertiary alicyclic amines) is 1. The highest BCUT2D eigenvalue weighted by atomic mass is 32.2. The summed E-state index contributed by atoms with van der Waals surface area (Å²) in [5.74, 6) is -0.179. The molecule has 0 radical (unpaired) electrons. The molecular formula is C14H20N2O4S. The summed E-state index contributed by atoms with van der Waals surface area (Å²) < 4.78 is 26.0. The molecule has 1 heterocycles. The van der Waals surface area contributed by atoms with Crippen LogP contribution in [0.3, 0.4) is 0 Å². The van der Waals surface area contributed by atoms with Gasteiger partial charge in [0.05, 0.1) is 11.0 Å². The Balaban J connectivity index is 2.13. The molecule has 0 bridgehead atoms. The van der Waals surface area contributed by atoms with Crippen LogP contribution in [0.4, 0.5) is 0 Å². The molecule has 0 spiro atoms. The number of hydrogen-bond donors (Lipinski definition) is 2. The van der Waals surface area contributed by atoms with Gasteiger partial charge in [0.1, 0.15) is 0 Å². The van der Waals surface area contributed by atoms with Gasteiger partial charge in [-0.1, -0.05) is 6.92 Å². The van der Waals surface area contributed by atoms with Gasteiger partial charge in [-0.25, -0.2) is 13.1 Å². The third-order valence-corrected chi connectivity index (χ3v) is 4.99. The molecular weight excluding hydrogens is 292 g/mol. The average molecular weight is 312 g/mol. The van der Waals surface area contributed by atoms with Crippen molar-refractivity contribution in [2.75, 3.05) is 19.6 Å². The van der Waals surface area contributed by atoms with Crippen molar-refractivity contribution >= 4 is 15.9 Å². The molecule has 0 saturated carbocycles. The first-order chi connectivity index (χ1) is 9.94. The Hall–Kier alpha value is -1.44. The van der Waals surface area contributed by atoms with Crippen LogP contribution in [-0.2, 0) is 10.0 Å².